The molecule has 184 valence electrons. The number of nitrogens with zero attached hydrogens (tertiary/aromatic N) is 7. The van der Waals surface area contributed by atoms with Crippen molar-refractivity contribution in [3.63, 3.8) is 0 Å². The summed E-state index contributed by atoms with van der Waals surface area (Å²) in [5, 5.41) is 4.31. The van der Waals surface area contributed by atoms with E-state index in [9.17, 15) is 4.79 Å². The van der Waals surface area contributed by atoms with Crippen LogP contribution in [0.2, 0.25) is 0 Å². The van der Waals surface area contributed by atoms with E-state index in [1.165, 1.54) is 11.3 Å². The van der Waals surface area contributed by atoms with Crippen LogP contribution in [0.25, 0.3) is 11.4 Å². The molecule has 2 fully saturated rings. The lowest BCUT2D eigenvalue weighted by Gasteiger charge is -2.34. The second kappa shape index (κ2) is 10.0. The van der Waals surface area contributed by atoms with Gasteiger partial charge in [-0.25, -0.2) is 4.98 Å². The highest BCUT2D eigenvalue weighted by atomic mass is 16.5. The summed E-state index contributed by atoms with van der Waals surface area (Å²) in [5.41, 5.74) is 3.37. The number of piperazine rings is 1. The molecule has 0 saturated carbocycles. The first-order valence-electron chi connectivity index (χ1n) is 12.3. The van der Waals surface area contributed by atoms with Gasteiger partial charge >= 0.3 is 0 Å². The fraction of sp³-hybridized carbons (Fsp3) is 0.462. The molecule has 9 heteroatoms. The van der Waals surface area contributed by atoms with E-state index in [0.717, 1.165) is 50.4 Å². The molecular formula is C26H33N7O2. The zero-order valence-electron chi connectivity index (χ0n) is 20.7. The van der Waals surface area contributed by atoms with Crippen molar-refractivity contribution in [1.82, 2.24) is 24.9 Å². The van der Waals surface area contributed by atoms with Gasteiger partial charge in [0.15, 0.2) is 0 Å². The molecule has 0 spiro atoms. The summed E-state index contributed by atoms with van der Waals surface area (Å²) < 4.78 is 5.76. The number of benzene rings is 1. The Morgan fingerprint density at radius 3 is 2.57 bits per heavy atom. The molecule has 0 N–H and O–H groups in total. The predicted octanol–water partition coefficient (Wildman–Crippen LogP) is 3.20. The third kappa shape index (κ3) is 5.14. The minimum Gasteiger partial charge on any atom is -0.378 e. The van der Waals surface area contributed by atoms with Crippen LogP contribution in [0.5, 0.6) is 0 Å². The van der Waals surface area contributed by atoms with Crippen molar-refractivity contribution >= 4 is 17.4 Å². The van der Waals surface area contributed by atoms with E-state index in [2.05, 4.69) is 63.2 Å². The Bertz CT molecular complexity index is 1150. The Morgan fingerprint density at radius 1 is 1.09 bits per heavy atom. The van der Waals surface area contributed by atoms with Crippen LogP contribution in [0, 0.1) is 0 Å². The molecule has 2 aromatic heterocycles. The van der Waals surface area contributed by atoms with Gasteiger partial charge in [-0.2, -0.15) is 4.98 Å². The van der Waals surface area contributed by atoms with Crippen LogP contribution in [0.4, 0.5) is 11.5 Å². The molecule has 1 atom stereocenters. The van der Waals surface area contributed by atoms with Gasteiger partial charge in [0.2, 0.25) is 17.6 Å². The smallest absolute Gasteiger partial charge is 0.244 e. The van der Waals surface area contributed by atoms with Gasteiger partial charge in [0, 0.05) is 71.2 Å². The molecule has 1 aromatic carbocycles. The van der Waals surface area contributed by atoms with Gasteiger partial charge in [-0.3, -0.25) is 9.69 Å². The molecule has 0 aliphatic carbocycles. The van der Waals surface area contributed by atoms with E-state index in [-0.39, 0.29) is 11.9 Å². The van der Waals surface area contributed by atoms with E-state index in [0.29, 0.717) is 24.8 Å². The molecule has 5 rings (SSSR count). The number of carbonyl (C=O) groups is 1. The van der Waals surface area contributed by atoms with E-state index >= 15 is 0 Å². The first kappa shape index (κ1) is 23.3. The van der Waals surface area contributed by atoms with Gasteiger partial charge in [0.25, 0.3) is 0 Å². The number of rotatable bonds is 6. The average Bonchev–Trinajstić information content (AvgIpc) is 3.54. The summed E-state index contributed by atoms with van der Waals surface area (Å²) in [7, 11) is 4.11. The molecule has 2 aliphatic rings. The largest absolute Gasteiger partial charge is 0.378 e. The molecule has 0 radical (unpaired) electrons. The molecule has 2 saturated heterocycles. The molecule has 9 nitrogen and oxygen atoms in total. The molecule has 0 bridgehead atoms. The van der Waals surface area contributed by atoms with Gasteiger partial charge in [-0.05, 0) is 49.2 Å². The molecule has 4 heterocycles. The topological polar surface area (TPSA) is 81.8 Å². The molecular weight excluding hydrogens is 442 g/mol. The van der Waals surface area contributed by atoms with Crippen LogP contribution in [0.15, 0.2) is 47.1 Å². The molecule has 35 heavy (non-hydrogen) atoms. The van der Waals surface area contributed by atoms with Gasteiger partial charge < -0.3 is 19.2 Å². The highest BCUT2D eigenvalue weighted by Gasteiger charge is 2.31. The Morgan fingerprint density at radius 2 is 1.86 bits per heavy atom. The third-order valence-corrected chi connectivity index (χ3v) is 6.98. The second-order valence-electron chi connectivity index (χ2n) is 9.54. The third-order valence-electron chi connectivity index (χ3n) is 6.98. The van der Waals surface area contributed by atoms with Gasteiger partial charge in [0.05, 0.1) is 6.04 Å². The summed E-state index contributed by atoms with van der Waals surface area (Å²) in [6.07, 6.45) is 3.92. The average molecular weight is 476 g/mol. The van der Waals surface area contributed by atoms with Crippen molar-refractivity contribution in [1.29, 1.82) is 0 Å². The number of aromatic nitrogens is 3. The number of hydrogen-bond donors (Lipinski definition) is 0. The van der Waals surface area contributed by atoms with E-state index in [4.69, 9.17) is 9.51 Å². The zero-order valence-corrected chi connectivity index (χ0v) is 20.7. The Balaban J connectivity index is 1.27. The van der Waals surface area contributed by atoms with Gasteiger partial charge in [-0.1, -0.05) is 17.3 Å². The molecule has 3 aromatic rings. The fourth-order valence-electron chi connectivity index (χ4n) is 4.90. The summed E-state index contributed by atoms with van der Waals surface area (Å²) in [5.74, 6) is 2.27. The van der Waals surface area contributed by atoms with Crippen LogP contribution in [0.1, 0.15) is 37.3 Å². The second-order valence-corrected chi connectivity index (χ2v) is 9.54. The quantitative estimate of drug-likeness (QED) is 0.538. The Hall–Kier alpha value is -3.46. The highest BCUT2D eigenvalue weighted by molar-refractivity contribution is 5.73. The summed E-state index contributed by atoms with van der Waals surface area (Å²) in [6, 6.07) is 12.8. The maximum atomic E-state index is 11.6. The molecule has 1 amide bonds. The summed E-state index contributed by atoms with van der Waals surface area (Å²) in [4.78, 5) is 29.6. The normalized spacial score (nSPS) is 18.8. The van der Waals surface area contributed by atoms with Crippen molar-refractivity contribution in [3.05, 3.63) is 54.0 Å². The lowest BCUT2D eigenvalue weighted by molar-refractivity contribution is -0.129. The van der Waals surface area contributed by atoms with Crippen molar-refractivity contribution < 1.29 is 9.32 Å². The van der Waals surface area contributed by atoms with Crippen LogP contribution >= 0.6 is 0 Å². The lowest BCUT2D eigenvalue weighted by Crippen LogP contribution is -2.48. The van der Waals surface area contributed by atoms with Crippen LogP contribution in [0.3, 0.4) is 0 Å². The van der Waals surface area contributed by atoms with Gasteiger partial charge in [-0.15, -0.1) is 0 Å². The van der Waals surface area contributed by atoms with E-state index in [1.807, 2.05) is 17.0 Å². The minimum absolute atomic E-state index is 0.122. The molecule has 2 aliphatic heterocycles. The maximum absolute atomic E-state index is 11.6. The lowest BCUT2D eigenvalue weighted by atomic mass is 10.1. The highest BCUT2D eigenvalue weighted by Crippen LogP contribution is 2.33. The van der Waals surface area contributed by atoms with Crippen molar-refractivity contribution in [3.8, 4) is 11.4 Å². The Labute approximate surface area is 206 Å². The number of hydrogen-bond acceptors (Lipinski definition) is 8. The van der Waals surface area contributed by atoms with E-state index in [1.54, 1.807) is 13.1 Å². The van der Waals surface area contributed by atoms with Gasteiger partial charge in [0.1, 0.15) is 5.82 Å². The van der Waals surface area contributed by atoms with Crippen molar-refractivity contribution in [2.24, 2.45) is 0 Å². The summed E-state index contributed by atoms with van der Waals surface area (Å²) in [6.45, 7) is 6.45. The van der Waals surface area contributed by atoms with Crippen LogP contribution in [-0.4, -0.2) is 77.7 Å². The van der Waals surface area contributed by atoms with Crippen LogP contribution < -0.4 is 9.80 Å². The standard InChI is InChI=1S/C26H33N7O2/c1-19(34)31-13-15-32(16-14-31)24-17-21(10-11-27-24)25-28-26(35-29-25)23-5-4-12-33(23)18-20-6-8-22(9-7-20)30(2)3/h6-11,17,23H,4-5,12-16,18H2,1-3H3. The number of amides is 1. The first-order valence-corrected chi connectivity index (χ1v) is 12.3. The number of likely N-dealkylation sites (tertiary alicyclic amines) is 1. The van der Waals surface area contributed by atoms with Crippen molar-refractivity contribution in [2.45, 2.75) is 32.4 Å². The predicted molar refractivity (Wildman–Crippen MR) is 135 cm³/mol. The molecule has 1 unspecified atom stereocenters. The zero-order chi connectivity index (χ0) is 24.4. The number of anilines is 2. The van der Waals surface area contributed by atoms with Crippen molar-refractivity contribution in [2.75, 3.05) is 56.6 Å². The monoisotopic (exact) mass is 475 g/mol. The Kier molecular flexibility index (Phi) is 6.68. The number of carbonyl (C=O) groups excluding carboxylic acids is 1. The number of pyridine rings is 1. The summed E-state index contributed by atoms with van der Waals surface area (Å²) >= 11 is 0. The SMILES string of the molecule is CC(=O)N1CCN(c2cc(-c3noc(C4CCCN4Cc4ccc(N(C)C)cc4)n3)ccn2)CC1. The minimum atomic E-state index is 0.122. The van der Waals surface area contributed by atoms with Crippen LogP contribution in [-0.2, 0) is 11.3 Å². The maximum Gasteiger partial charge on any atom is 0.244 e. The first-order chi connectivity index (χ1) is 17.0. The van der Waals surface area contributed by atoms with E-state index < -0.39 is 0 Å². The fourth-order valence-corrected chi connectivity index (χ4v) is 4.90.